The van der Waals surface area contributed by atoms with Crippen LogP contribution in [-0.2, 0) is 4.79 Å². The number of primary amides is 1. The summed E-state index contributed by atoms with van der Waals surface area (Å²) in [6.07, 6.45) is 0.580. The smallest absolute Gasteiger partial charge is 0.255 e. The molecule has 1 heterocycles. The molecule has 0 aliphatic rings. The third-order valence-corrected chi connectivity index (χ3v) is 5.33. The van der Waals surface area contributed by atoms with E-state index in [1.54, 1.807) is 43.4 Å². The molecule has 0 atom stereocenters. The van der Waals surface area contributed by atoms with Crippen LogP contribution in [0.1, 0.15) is 34.1 Å². The number of nitrogens with two attached hydrogens (primary N) is 1. The van der Waals surface area contributed by atoms with E-state index in [1.807, 2.05) is 25.1 Å². The van der Waals surface area contributed by atoms with E-state index in [-0.39, 0.29) is 17.6 Å². The molecule has 7 nitrogen and oxygen atoms in total. The molecule has 0 unspecified atom stereocenters. The predicted octanol–water partition coefficient (Wildman–Crippen LogP) is 4.51. The van der Waals surface area contributed by atoms with Gasteiger partial charge in [0.05, 0.1) is 5.56 Å². The number of fused-ring (bicyclic) bond motifs is 1. The largest absolute Gasteiger partial charge is 0.455 e. The van der Waals surface area contributed by atoms with E-state index < -0.39 is 5.91 Å². The monoisotopic (exact) mass is 475 g/mol. The zero-order valence-corrected chi connectivity index (χ0v) is 19.6. The number of carbonyl (C=O) groups excluding carboxylic acids is 3. The molecular formula is C27H26FN3O4. The number of furan rings is 1. The summed E-state index contributed by atoms with van der Waals surface area (Å²) in [5.41, 5.74) is 8.85. The SMILES string of the molecule is CCC(=O)NC.CNC(=O)c1c(-c2ccc(F)cc2)oc2ccc(-c3cccc(C(N)=O)c3)cc12. The molecule has 0 saturated carbocycles. The Balaban J connectivity index is 0.000000509. The van der Waals surface area contributed by atoms with Gasteiger partial charge in [-0.25, -0.2) is 4.39 Å². The summed E-state index contributed by atoms with van der Waals surface area (Å²) in [6, 6.07) is 18.1. The zero-order chi connectivity index (χ0) is 25.5. The molecule has 3 amide bonds. The first-order valence-electron chi connectivity index (χ1n) is 10.9. The van der Waals surface area contributed by atoms with Crippen LogP contribution >= 0.6 is 0 Å². The number of benzene rings is 3. The number of rotatable bonds is 5. The van der Waals surface area contributed by atoms with Gasteiger partial charge in [-0.05, 0) is 59.7 Å². The summed E-state index contributed by atoms with van der Waals surface area (Å²) in [7, 11) is 3.17. The van der Waals surface area contributed by atoms with Crippen LogP contribution in [0.3, 0.4) is 0 Å². The number of hydrogen-bond acceptors (Lipinski definition) is 4. The van der Waals surface area contributed by atoms with E-state index in [9.17, 15) is 18.8 Å². The van der Waals surface area contributed by atoms with E-state index in [2.05, 4.69) is 10.6 Å². The minimum Gasteiger partial charge on any atom is -0.455 e. The Labute approximate surface area is 202 Å². The average molecular weight is 476 g/mol. The number of hydrogen-bond donors (Lipinski definition) is 3. The molecule has 0 spiro atoms. The van der Waals surface area contributed by atoms with Gasteiger partial charge in [0.1, 0.15) is 17.2 Å². The molecule has 0 fully saturated rings. The molecule has 0 radical (unpaired) electrons. The van der Waals surface area contributed by atoms with Gasteiger partial charge in [-0.2, -0.15) is 0 Å². The van der Waals surface area contributed by atoms with Gasteiger partial charge in [-0.15, -0.1) is 0 Å². The van der Waals surface area contributed by atoms with E-state index in [4.69, 9.17) is 10.2 Å². The molecule has 4 rings (SSSR count). The number of amides is 3. The van der Waals surface area contributed by atoms with Gasteiger partial charge in [0.2, 0.25) is 11.8 Å². The van der Waals surface area contributed by atoms with Crippen molar-refractivity contribution in [1.82, 2.24) is 10.6 Å². The maximum atomic E-state index is 13.3. The third kappa shape index (κ3) is 5.73. The highest BCUT2D eigenvalue weighted by Gasteiger charge is 2.22. The minimum atomic E-state index is -0.513. The second-order valence-electron chi connectivity index (χ2n) is 7.57. The summed E-state index contributed by atoms with van der Waals surface area (Å²) >= 11 is 0. The van der Waals surface area contributed by atoms with Crippen molar-refractivity contribution in [3.05, 3.63) is 83.7 Å². The lowest BCUT2D eigenvalue weighted by molar-refractivity contribution is -0.120. The predicted molar refractivity (Wildman–Crippen MR) is 133 cm³/mol. The molecule has 4 N–H and O–H groups in total. The van der Waals surface area contributed by atoms with E-state index >= 15 is 0 Å². The topological polar surface area (TPSA) is 114 Å². The Morgan fingerprint density at radius 2 is 1.54 bits per heavy atom. The van der Waals surface area contributed by atoms with E-state index in [1.165, 1.54) is 19.2 Å². The fraction of sp³-hybridized carbons (Fsp3) is 0.148. The molecule has 35 heavy (non-hydrogen) atoms. The van der Waals surface area contributed by atoms with Crippen LogP contribution in [0.4, 0.5) is 4.39 Å². The number of halogens is 1. The second-order valence-corrected chi connectivity index (χ2v) is 7.57. The van der Waals surface area contributed by atoms with Gasteiger partial charge in [-0.1, -0.05) is 25.1 Å². The zero-order valence-electron chi connectivity index (χ0n) is 19.6. The van der Waals surface area contributed by atoms with Gasteiger partial charge >= 0.3 is 0 Å². The lowest BCUT2D eigenvalue weighted by atomic mass is 9.99. The van der Waals surface area contributed by atoms with Crippen LogP contribution in [0.15, 0.2) is 71.1 Å². The van der Waals surface area contributed by atoms with Crippen molar-refractivity contribution in [3.63, 3.8) is 0 Å². The lowest BCUT2D eigenvalue weighted by Gasteiger charge is -2.05. The molecule has 0 bridgehead atoms. The Morgan fingerprint density at radius 3 is 2.11 bits per heavy atom. The minimum absolute atomic E-state index is 0.0926. The highest BCUT2D eigenvalue weighted by Crippen LogP contribution is 2.36. The van der Waals surface area contributed by atoms with Crippen molar-refractivity contribution >= 4 is 28.7 Å². The Hall–Kier alpha value is -4.46. The van der Waals surface area contributed by atoms with Crippen molar-refractivity contribution in [1.29, 1.82) is 0 Å². The van der Waals surface area contributed by atoms with Crippen molar-refractivity contribution < 1.29 is 23.2 Å². The van der Waals surface area contributed by atoms with Gasteiger partial charge in [0.15, 0.2) is 0 Å². The average Bonchev–Trinajstić information content (AvgIpc) is 3.27. The van der Waals surface area contributed by atoms with Crippen LogP contribution in [0.25, 0.3) is 33.4 Å². The molecule has 0 aliphatic carbocycles. The molecule has 8 heteroatoms. The maximum Gasteiger partial charge on any atom is 0.255 e. The fourth-order valence-electron chi connectivity index (χ4n) is 3.46. The lowest BCUT2D eigenvalue weighted by Crippen LogP contribution is -2.18. The molecule has 0 saturated heterocycles. The number of carbonyl (C=O) groups is 3. The normalized spacial score (nSPS) is 10.3. The first kappa shape index (κ1) is 25.2. The van der Waals surface area contributed by atoms with Crippen LogP contribution < -0.4 is 16.4 Å². The standard InChI is InChI=1S/C23H17FN2O3.C4H9NO/c1-26-23(28)20-18-12-15(14-3-2-4-16(11-14)22(25)27)7-10-19(18)29-21(20)13-5-8-17(24)9-6-13;1-3-4(6)5-2/h2-12H,1H3,(H2,25,27)(H,26,28);3H2,1-2H3,(H,5,6). The highest BCUT2D eigenvalue weighted by atomic mass is 19.1. The Bertz CT molecular complexity index is 1370. The summed E-state index contributed by atoms with van der Waals surface area (Å²) in [4.78, 5) is 34.2. The van der Waals surface area contributed by atoms with Crippen LogP contribution in [0, 0.1) is 5.82 Å². The van der Waals surface area contributed by atoms with Crippen molar-refractivity contribution in [2.75, 3.05) is 14.1 Å². The van der Waals surface area contributed by atoms with Crippen molar-refractivity contribution in [2.45, 2.75) is 13.3 Å². The molecule has 1 aromatic heterocycles. The van der Waals surface area contributed by atoms with Gasteiger partial charge in [0, 0.05) is 37.0 Å². The summed E-state index contributed by atoms with van der Waals surface area (Å²) in [5, 5.41) is 5.72. The quantitative estimate of drug-likeness (QED) is 0.394. The molecule has 3 aromatic carbocycles. The third-order valence-electron chi connectivity index (χ3n) is 5.33. The van der Waals surface area contributed by atoms with Crippen LogP contribution in [-0.4, -0.2) is 31.8 Å². The van der Waals surface area contributed by atoms with E-state index in [0.29, 0.717) is 39.8 Å². The van der Waals surface area contributed by atoms with E-state index in [0.717, 1.165) is 11.1 Å². The highest BCUT2D eigenvalue weighted by molar-refractivity contribution is 6.11. The molecular weight excluding hydrogens is 449 g/mol. The summed E-state index contributed by atoms with van der Waals surface area (Å²) in [6.45, 7) is 1.82. The molecule has 180 valence electrons. The van der Waals surface area contributed by atoms with Gasteiger partial charge in [-0.3, -0.25) is 14.4 Å². The fourth-order valence-corrected chi connectivity index (χ4v) is 3.46. The first-order chi connectivity index (χ1) is 16.8. The molecule has 0 aliphatic heterocycles. The number of nitrogens with one attached hydrogen (secondary N) is 2. The maximum absolute atomic E-state index is 13.3. The summed E-state index contributed by atoms with van der Waals surface area (Å²) in [5.74, 6) is -0.743. The van der Waals surface area contributed by atoms with Crippen LogP contribution in [0.2, 0.25) is 0 Å². The molecule has 4 aromatic rings. The Kier molecular flexibility index (Phi) is 7.99. The van der Waals surface area contributed by atoms with Gasteiger partial charge < -0.3 is 20.8 Å². The van der Waals surface area contributed by atoms with Gasteiger partial charge in [0.25, 0.3) is 5.91 Å². The second kappa shape index (κ2) is 11.1. The summed E-state index contributed by atoms with van der Waals surface area (Å²) < 4.78 is 19.3. The van der Waals surface area contributed by atoms with Crippen molar-refractivity contribution in [2.24, 2.45) is 5.73 Å². The van der Waals surface area contributed by atoms with Crippen LogP contribution in [0.5, 0.6) is 0 Å². The first-order valence-corrected chi connectivity index (χ1v) is 10.9. The van der Waals surface area contributed by atoms with Crippen molar-refractivity contribution in [3.8, 4) is 22.5 Å². The Morgan fingerprint density at radius 1 is 0.886 bits per heavy atom.